The number of carbonyl (C=O) groups is 1. The molecule has 1 aliphatic heterocycles. The highest BCUT2D eigenvalue weighted by Crippen LogP contribution is 2.31. The van der Waals surface area contributed by atoms with Crippen LogP contribution in [0.25, 0.3) is 5.57 Å². The van der Waals surface area contributed by atoms with Crippen molar-refractivity contribution in [2.45, 2.75) is 19.0 Å². The van der Waals surface area contributed by atoms with Crippen molar-refractivity contribution in [3.05, 3.63) is 77.9 Å². The lowest BCUT2D eigenvalue weighted by Gasteiger charge is -2.16. The maximum atomic E-state index is 12.3. The van der Waals surface area contributed by atoms with Gasteiger partial charge in [-0.2, -0.15) is 0 Å². The molecule has 0 saturated heterocycles. The van der Waals surface area contributed by atoms with E-state index in [4.69, 9.17) is 4.74 Å². The van der Waals surface area contributed by atoms with Crippen LogP contribution in [0.1, 0.15) is 24.1 Å². The van der Waals surface area contributed by atoms with Crippen LogP contribution in [0.5, 0.6) is 0 Å². The summed E-state index contributed by atoms with van der Waals surface area (Å²) in [6.45, 7) is 2.21. The second kappa shape index (κ2) is 6.58. The third-order valence-electron chi connectivity index (χ3n) is 3.79. The van der Waals surface area contributed by atoms with Crippen molar-refractivity contribution in [1.82, 2.24) is 5.32 Å². The molecular weight excluding hydrogens is 274 g/mol. The van der Waals surface area contributed by atoms with E-state index >= 15 is 0 Å². The Hall–Kier alpha value is -2.39. The second-order valence-corrected chi connectivity index (χ2v) is 5.23. The number of carbonyl (C=O) groups excluding carboxylic acids is 1. The quantitative estimate of drug-likeness (QED) is 0.879. The van der Waals surface area contributed by atoms with Gasteiger partial charge < -0.3 is 4.74 Å². The maximum absolute atomic E-state index is 12.3. The third kappa shape index (κ3) is 2.95. The Kier molecular flexibility index (Phi) is 4.35. The Morgan fingerprint density at radius 3 is 2.32 bits per heavy atom. The number of benzene rings is 2. The highest BCUT2D eigenvalue weighted by Gasteiger charge is 2.33. The first kappa shape index (κ1) is 14.5. The van der Waals surface area contributed by atoms with Crippen LogP contribution in [0, 0.1) is 0 Å². The third-order valence-corrected chi connectivity index (χ3v) is 3.79. The summed E-state index contributed by atoms with van der Waals surface area (Å²) < 4.78 is 5.22. The predicted octanol–water partition coefficient (Wildman–Crippen LogP) is 3.35. The number of hydrogen-bond acceptors (Lipinski definition) is 3. The molecule has 0 amide bonds. The molecule has 1 heterocycles. The lowest BCUT2D eigenvalue weighted by atomic mass is 10.00. The van der Waals surface area contributed by atoms with Gasteiger partial charge in [0.25, 0.3) is 0 Å². The summed E-state index contributed by atoms with van der Waals surface area (Å²) in [5, 5.41) is 3.37. The average Bonchev–Trinajstić information content (AvgIpc) is 3.02. The Morgan fingerprint density at radius 2 is 1.68 bits per heavy atom. The zero-order chi connectivity index (χ0) is 15.4. The molecule has 22 heavy (non-hydrogen) atoms. The van der Waals surface area contributed by atoms with Gasteiger partial charge in [-0.25, -0.2) is 4.79 Å². The molecule has 3 rings (SSSR count). The van der Waals surface area contributed by atoms with E-state index in [2.05, 4.69) is 23.5 Å². The topological polar surface area (TPSA) is 38.3 Å². The molecule has 0 aromatic heterocycles. The van der Waals surface area contributed by atoms with Crippen molar-refractivity contribution in [2.24, 2.45) is 0 Å². The monoisotopic (exact) mass is 293 g/mol. The number of nitrogens with one attached hydrogen (secondary N) is 1. The molecule has 0 saturated carbocycles. The average molecular weight is 293 g/mol. The van der Waals surface area contributed by atoms with Gasteiger partial charge in [-0.1, -0.05) is 66.7 Å². The van der Waals surface area contributed by atoms with Crippen LogP contribution >= 0.6 is 0 Å². The van der Waals surface area contributed by atoms with Crippen LogP contribution < -0.4 is 5.32 Å². The fourth-order valence-corrected chi connectivity index (χ4v) is 2.76. The van der Waals surface area contributed by atoms with E-state index < -0.39 is 6.04 Å². The lowest BCUT2D eigenvalue weighted by molar-refractivity contribution is -0.143. The molecule has 2 aromatic rings. The molecule has 0 radical (unpaired) electrons. The van der Waals surface area contributed by atoms with Crippen LogP contribution in [0.4, 0.5) is 0 Å². The molecule has 0 aliphatic carbocycles. The highest BCUT2D eigenvalue weighted by atomic mass is 16.5. The molecule has 0 unspecified atom stereocenters. The van der Waals surface area contributed by atoms with Gasteiger partial charge in [0.1, 0.15) is 6.04 Å². The van der Waals surface area contributed by atoms with Crippen molar-refractivity contribution in [2.75, 3.05) is 6.61 Å². The normalized spacial score (nSPS) is 20.5. The van der Waals surface area contributed by atoms with Gasteiger partial charge in [-0.05, 0) is 23.6 Å². The number of ether oxygens (including phenoxy) is 1. The Morgan fingerprint density at radius 1 is 1.05 bits per heavy atom. The summed E-state index contributed by atoms with van der Waals surface area (Å²) in [6, 6.07) is 19.7. The second-order valence-electron chi connectivity index (χ2n) is 5.23. The first-order chi connectivity index (χ1) is 10.8. The lowest BCUT2D eigenvalue weighted by Crippen LogP contribution is -2.36. The summed E-state index contributed by atoms with van der Waals surface area (Å²) in [5.41, 5.74) is 3.17. The van der Waals surface area contributed by atoms with Crippen molar-refractivity contribution in [3.63, 3.8) is 0 Å². The predicted molar refractivity (Wildman–Crippen MR) is 87.2 cm³/mol. The first-order valence-corrected chi connectivity index (χ1v) is 7.54. The SMILES string of the molecule is CCOC(=O)[C@H]1N[C@@H](c2ccccc2)C=C1c1ccccc1. The molecule has 2 atom stereocenters. The van der Waals surface area contributed by atoms with E-state index in [1.807, 2.05) is 55.5 Å². The van der Waals surface area contributed by atoms with Crippen molar-refractivity contribution >= 4 is 11.5 Å². The highest BCUT2D eigenvalue weighted by molar-refractivity contribution is 5.94. The summed E-state index contributed by atoms with van der Waals surface area (Å²) in [7, 11) is 0. The van der Waals surface area contributed by atoms with Crippen LogP contribution in [0.15, 0.2) is 66.7 Å². The van der Waals surface area contributed by atoms with Gasteiger partial charge in [0.2, 0.25) is 0 Å². The Labute approximate surface area is 130 Å². The van der Waals surface area contributed by atoms with Gasteiger partial charge in [-0.3, -0.25) is 5.32 Å². The summed E-state index contributed by atoms with van der Waals surface area (Å²) in [6.07, 6.45) is 2.12. The maximum Gasteiger partial charge on any atom is 0.327 e. The first-order valence-electron chi connectivity index (χ1n) is 7.54. The van der Waals surface area contributed by atoms with E-state index in [9.17, 15) is 4.79 Å². The minimum atomic E-state index is -0.424. The van der Waals surface area contributed by atoms with E-state index in [1.165, 1.54) is 0 Å². The standard InChI is InChI=1S/C19H19NO2/c1-2-22-19(21)18-16(14-9-5-3-6-10-14)13-17(20-18)15-11-7-4-8-12-15/h3-13,17-18,20H,2H2,1H3/t17-,18+/m1/s1. The molecule has 112 valence electrons. The van der Waals surface area contributed by atoms with Gasteiger partial charge in [0, 0.05) is 0 Å². The smallest absolute Gasteiger partial charge is 0.327 e. The van der Waals surface area contributed by atoms with Crippen LogP contribution in [-0.2, 0) is 9.53 Å². The molecule has 1 N–H and O–H groups in total. The van der Waals surface area contributed by atoms with Crippen molar-refractivity contribution < 1.29 is 9.53 Å². The van der Waals surface area contributed by atoms with Crippen LogP contribution in [0.3, 0.4) is 0 Å². The van der Waals surface area contributed by atoms with E-state index in [1.54, 1.807) is 0 Å². The molecule has 2 aromatic carbocycles. The van der Waals surface area contributed by atoms with Crippen LogP contribution in [-0.4, -0.2) is 18.6 Å². The number of esters is 1. The number of rotatable bonds is 4. The molecule has 1 aliphatic rings. The fourth-order valence-electron chi connectivity index (χ4n) is 2.76. The van der Waals surface area contributed by atoms with Gasteiger partial charge in [0.05, 0.1) is 12.6 Å². The van der Waals surface area contributed by atoms with E-state index in [0.29, 0.717) is 6.61 Å². The molecule has 3 nitrogen and oxygen atoms in total. The molecule has 3 heteroatoms. The van der Waals surface area contributed by atoms with E-state index in [-0.39, 0.29) is 12.0 Å². The summed E-state index contributed by atoms with van der Waals surface area (Å²) in [4.78, 5) is 12.3. The Balaban J connectivity index is 1.94. The van der Waals surface area contributed by atoms with Crippen LogP contribution in [0.2, 0.25) is 0 Å². The zero-order valence-electron chi connectivity index (χ0n) is 12.5. The van der Waals surface area contributed by atoms with E-state index in [0.717, 1.165) is 16.7 Å². The summed E-state index contributed by atoms with van der Waals surface area (Å²) >= 11 is 0. The fraction of sp³-hybridized carbons (Fsp3) is 0.211. The zero-order valence-corrected chi connectivity index (χ0v) is 12.5. The van der Waals surface area contributed by atoms with Gasteiger partial charge >= 0.3 is 5.97 Å². The minimum Gasteiger partial charge on any atom is -0.465 e. The molecular formula is C19H19NO2. The number of hydrogen-bond donors (Lipinski definition) is 1. The molecule has 0 fully saturated rings. The Bertz CT molecular complexity index is 664. The minimum absolute atomic E-state index is 0.0193. The van der Waals surface area contributed by atoms with Gasteiger partial charge in [-0.15, -0.1) is 0 Å². The molecule has 0 bridgehead atoms. The van der Waals surface area contributed by atoms with Gasteiger partial charge in [0.15, 0.2) is 0 Å². The summed E-state index contributed by atoms with van der Waals surface area (Å²) in [5.74, 6) is -0.226. The largest absolute Gasteiger partial charge is 0.465 e. The van der Waals surface area contributed by atoms with Crippen molar-refractivity contribution in [1.29, 1.82) is 0 Å². The molecule has 0 spiro atoms. The van der Waals surface area contributed by atoms with Crippen molar-refractivity contribution in [3.8, 4) is 0 Å².